The molecule has 1 amide bonds. The number of carbonyl (C=O) groups excluding carboxylic acids is 1. The number of benzene rings is 1. The molecule has 1 aliphatic heterocycles. The fraction of sp³-hybridized carbons (Fsp3) is 0.542. The Hall–Kier alpha value is -1.96. The second kappa shape index (κ2) is 11.6. The fourth-order valence-corrected chi connectivity index (χ4v) is 4.52. The van der Waals surface area contributed by atoms with Crippen LogP contribution in [0.1, 0.15) is 35.9 Å². The second-order valence-corrected chi connectivity index (χ2v) is 8.90. The largest absolute Gasteiger partial charge is 0.379 e. The molecule has 7 heteroatoms. The third-order valence-electron chi connectivity index (χ3n) is 5.85. The zero-order valence-corrected chi connectivity index (χ0v) is 20.0. The zero-order chi connectivity index (χ0) is 22.2. The summed E-state index contributed by atoms with van der Waals surface area (Å²) in [5.74, 6) is 0.178. The Morgan fingerprint density at radius 1 is 1.16 bits per heavy atom. The molecule has 1 saturated heterocycles. The average molecular weight is 443 g/mol. The van der Waals surface area contributed by atoms with E-state index in [2.05, 4.69) is 33.9 Å². The summed E-state index contributed by atoms with van der Waals surface area (Å²) in [7, 11) is 0. The lowest BCUT2D eigenvalue weighted by Crippen LogP contribution is -2.48. The minimum absolute atomic E-state index is 0.128. The number of amides is 1. The summed E-state index contributed by atoms with van der Waals surface area (Å²) >= 11 is 1.55. The van der Waals surface area contributed by atoms with Crippen LogP contribution in [0.15, 0.2) is 35.5 Å². The highest BCUT2D eigenvalue weighted by molar-refractivity contribution is 7.98. The summed E-state index contributed by atoms with van der Waals surface area (Å²) in [6, 6.07) is 10.4. The van der Waals surface area contributed by atoms with Crippen LogP contribution in [0.3, 0.4) is 0 Å². The van der Waals surface area contributed by atoms with Gasteiger partial charge in [0.15, 0.2) is 5.16 Å². The number of thioether (sulfide) groups is 1. The molecule has 2 heterocycles. The van der Waals surface area contributed by atoms with Gasteiger partial charge in [0.1, 0.15) is 0 Å². The van der Waals surface area contributed by atoms with Gasteiger partial charge >= 0.3 is 0 Å². The maximum Gasteiger partial charge on any atom is 0.223 e. The molecule has 0 spiro atoms. The van der Waals surface area contributed by atoms with Crippen molar-refractivity contribution in [1.82, 2.24) is 19.8 Å². The molecular weight excluding hydrogens is 408 g/mol. The molecular formula is C24H34N4O2S. The number of ether oxygens (including phenoxy) is 1. The maximum absolute atomic E-state index is 13.4. The Morgan fingerprint density at radius 2 is 1.81 bits per heavy atom. The molecule has 1 aliphatic rings. The fourth-order valence-electron chi connectivity index (χ4n) is 4.06. The van der Waals surface area contributed by atoms with E-state index in [1.54, 1.807) is 11.8 Å². The molecule has 0 radical (unpaired) electrons. The van der Waals surface area contributed by atoms with Crippen LogP contribution in [-0.2, 0) is 22.5 Å². The Kier molecular flexibility index (Phi) is 8.87. The van der Waals surface area contributed by atoms with Crippen LogP contribution in [0.25, 0.3) is 0 Å². The van der Waals surface area contributed by atoms with Gasteiger partial charge in [-0.1, -0.05) is 42.1 Å². The van der Waals surface area contributed by atoms with Gasteiger partial charge in [-0.05, 0) is 44.6 Å². The summed E-state index contributed by atoms with van der Waals surface area (Å²) < 4.78 is 5.48. The van der Waals surface area contributed by atoms with Crippen molar-refractivity contribution in [3.05, 3.63) is 52.8 Å². The zero-order valence-electron chi connectivity index (χ0n) is 19.1. The van der Waals surface area contributed by atoms with Crippen molar-refractivity contribution in [1.29, 1.82) is 0 Å². The lowest BCUT2D eigenvalue weighted by Gasteiger charge is -2.35. The van der Waals surface area contributed by atoms with E-state index in [4.69, 9.17) is 4.74 Å². The molecule has 6 nitrogen and oxygen atoms in total. The van der Waals surface area contributed by atoms with Gasteiger partial charge in [-0.2, -0.15) is 0 Å². The second-order valence-electron chi connectivity index (χ2n) is 8.13. The number of morpholine rings is 1. The first-order valence-corrected chi connectivity index (χ1v) is 12.2. The average Bonchev–Trinajstić information content (AvgIpc) is 2.77. The summed E-state index contributed by atoms with van der Waals surface area (Å²) in [5, 5.41) is 0.787. The van der Waals surface area contributed by atoms with Crippen LogP contribution >= 0.6 is 11.8 Å². The van der Waals surface area contributed by atoms with E-state index >= 15 is 0 Å². The van der Waals surface area contributed by atoms with Gasteiger partial charge in [0.05, 0.1) is 13.2 Å². The summed E-state index contributed by atoms with van der Waals surface area (Å²) in [5.41, 5.74) is 4.19. The highest BCUT2D eigenvalue weighted by atomic mass is 32.2. The van der Waals surface area contributed by atoms with Crippen LogP contribution < -0.4 is 0 Å². The van der Waals surface area contributed by atoms with Crippen LogP contribution in [-0.4, -0.2) is 70.8 Å². The highest BCUT2D eigenvalue weighted by Crippen LogP contribution is 2.19. The van der Waals surface area contributed by atoms with Crippen molar-refractivity contribution in [3.8, 4) is 0 Å². The summed E-state index contributed by atoms with van der Waals surface area (Å²) in [6.45, 7) is 11.1. The molecule has 1 aromatic heterocycles. The van der Waals surface area contributed by atoms with Gasteiger partial charge in [0, 0.05) is 50.0 Å². The van der Waals surface area contributed by atoms with E-state index in [0.717, 1.165) is 60.5 Å². The van der Waals surface area contributed by atoms with Crippen molar-refractivity contribution >= 4 is 17.7 Å². The number of carbonyl (C=O) groups is 1. The van der Waals surface area contributed by atoms with Gasteiger partial charge < -0.3 is 9.64 Å². The quantitative estimate of drug-likeness (QED) is 0.438. The van der Waals surface area contributed by atoms with Gasteiger partial charge in [0.2, 0.25) is 5.91 Å². The Balaban J connectivity index is 1.70. The Morgan fingerprint density at radius 3 is 2.42 bits per heavy atom. The molecule has 3 rings (SSSR count). The van der Waals surface area contributed by atoms with Crippen molar-refractivity contribution < 1.29 is 9.53 Å². The van der Waals surface area contributed by atoms with E-state index < -0.39 is 0 Å². The molecule has 1 fully saturated rings. The predicted octanol–water partition coefficient (Wildman–Crippen LogP) is 3.50. The lowest BCUT2D eigenvalue weighted by atomic mass is 10.1. The summed E-state index contributed by atoms with van der Waals surface area (Å²) in [4.78, 5) is 26.9. The third kappa shape index (κ3) is 6.76. The molecule has 1 unspecified atom stereocenters. The molecule has 2 aromatic rings. The van der Waals surface area contributed by atoms with E-state index in [0.29, 0.717) is 19.4 Å². The molecule has 0 aliphatic carbocycles. The van der Waals surface area contributed by atoms with Crippen LogP contribution in [0, 0.1) is 13.8 Å². The van der Waals surface area contributed by atoms with Gasteiger partial charge in [-0.25, -0.2) is 9.97 Å². The third-order valence-corrected chi connectivity index (χ3v) is 6.39. The smallest absolute Gasteiger partial charge is 0.223 e. The van der Waals surface area contributed by atoms with Gasteiger partial charge in [-0.15, -0.1) is 0 Å². The molecule has 1 aromatic carbocycles. The standard InChI is InChI=1S/C24H34N4O2S/c1-18(16-27-12-14-30-15-13-27)28(17-21-8-6-5-7-9-21)23(29)11-10-22-19(2)25-24(31-4)26-20(22)3/h5-9,18H,10-17H2,1-4H3. The Bertz CT molecular complexity index is 833. The minimum Gasteiger partial charge on any atom is -0.379 e. The first kappa shape index (κ1) is 23.7. The predicted molar refractivity (Wildman–Crippen MR) is 125 cm³/mol. The van der Waals surface area contributed by atoms with Crippen molar-refractivity contribution in [2.45, 2.75) is 51.4 Å². The highest BCUT2D eigenvalue weighted by Gasteiger charge is 2.24. The number of hydrogen-bond donors (Lipinski definition) is 0. The summed E-state index contributed by atoms with van der Waals surface area (Å²) in [6.07, 6.45) is 3.11. The normalized spacial score (nSPS) is 15.6. The van der Waals surface area contributed by atoms with Crippen molar-refractivity contribution in [2.75, 3.05) is 39.1 Å². The maximum atomic E-state index is 13.4. The van der Waals surface area contributed by atoms with Crippen LogP contribution in [0.2, 0.25) is 0 Å². The monoisotopic (exact) mass is 442 g/mol. The number of aryl methyl sites for hydroxylation is 2. The first-order chi connectivity index (χ1) is 15.0. The number of rotatable bonds is 9. The number of hydrogen-bond acceptors (Lipinski definition) is 6. The van der Waals surface area contributed by atoms with E-state index in [1.165, 1.54) is 0 Å². The van der Waals surface area contributed by atoms with Crippen molar-refractivity contribution in [3.63, 3.8) is 0 Å². The topological polar surface area (TPSA) is 58.6 Å². The molecule has 0 bridgehead atoms. The number of aromatic nitrogens is 2. The molecule has 0 saturated carbocycles. The molecule has 0 N–H and O–H groups in total. The van der Waals surface area contributed by atoms with Crippen molar-refractivity contribution in [2.24, 2.45) is 0 Å². The minimum atomic E-state index is 0.128. The van der Waals surface area contributed by atoms with Gasteiger partial charge in [0.25, 0.3) is 0 Å². The SMILES string of the molecule is CSc1nc(C)c(CCC(=O)N(Cc2ccccc2)C(C)CN2CCOCC2)c(C)n1. The number of nitrogens with zero attached hydrogens (tertiary/aromatic N) is 4. The Labute approximate surface area is 190 Å². The molecule has 168 valence electrons. The van der Waals surface area contributed by atoms with Crippen LogP contribution in [0.4, 0.5) is 0 Å². The van der Waals surface area contributed by atoms with E-state index in [9.17, 15) is 4.79 Å². The molecule has 31 heavy (non-hydrogen) atoms. The van der Waals surface area contributed by atoms with E-state index in [1.807, 2.05) is 43.2 Å². The molecule has 1 atom stereocenters. The first-order valence-electron chi connectivity index (χ1n) is 11.0. The van der Waals surface area contributed by atoms with E-state index in [-0.39, 0.29) is 11.9 Å². The van der Waals surface area contributed by atoms with Crippen LogP contribution in [0.5, 0.6) is 0 Å². The lowest BCUT2D eigenvalue weighted by molar-refractivity contribution is -0.134. The van der Waals surface area contributed by atoms with Gasteiger partial charge in [-0.3, -0.25) is 9.69 Å².